The van der Waals surface area contributed by atoms with E-state index >= 15 is 0 Å². The highest BCUT2D eigenvalue weighted by molar-refractivity contribution is 9.10. The highest BCUT2D eigenvalue weighted by Gasteiger charge is 2.32. The third-order valence-electron chi connectivity index (χ3n) is 2.87. The Morgan fingerprint density at radius 3 is 2.72 bits per heavy atom. The number of carbonyl (C=O) groups is 1. The minimum atomic E-state index is -3.04. The van der Waals surface area contributed by atoms with E-state index in [1.807, 2.05) is 0 Å². The molecule has 1 fully saturated rings. The summed E-state index contributed by atoms with van der Waals surface area (Å²) in [5, 5.41) is 2.69. The maximum Gasteiger partial charge on any atom is 0.228 e. The molecule has 1 aliphatic rings. The molecular formula is C11H13BrN2O3S. The van der Waals surface area contributed by atoms with Gasteiger partial charge >= 0.3 is 0 Å². The molecule has 1 saturated heterocycles. The summed E-state index contributed by atoms with van der Waals surface area (Å²) in [5.74, 6) is -0.698. The third kappa shape index (κ3) is 3.02. The number of sulfone groups is 1. The molecule has 7 heteroatoms. The fourth-order valence-electron chi connectivity index (χ4n) is 1.87. The van der Waals surface area contributed by atoms with E-state index in [0.29, 0.717) is 17.8 Å². The number of rotatable bonds is 2. The Kier molecular flexibility index (Phi) is 3.63. The van der Waals surface area contributed by atoms with E-state index in [9.17, 15) is 13.2 Å². The normalized spacial score (nSPS) is 21.7. The summed E-state index contributed by atoms with van der Waals surface area (Å²) in [5.41, 5.74) is 6.79. The standard InChI is InChI=1S/C11H13BrN2O3S/c12-9-2-1-8(5-10(9)13)14-11(15)7-3-4-18(16,17)6-7/h1-2,5,7H,3-4,6,13H2,(H,14,15). The summed E-state index contributed by atoms with van der Waals surface area (Å²) in [6.07, 6.45) is 0.389. The van der Waals surface area contributed by atoms with Crippen molar-refractivity contribution in [3.8, 4) is 0 Å². The van der Waals surface area contributed by atoms with E-state index < -0.39 is 15.8 Å². The lowest BCUT2D eigenvalue weighted by molar-refractivity contribution is -0.119. The number of amides is 1. The number of benzene rings is 1. The van der Waals surface area contributed by atoms with Crippen LogP contribution in [0.4, 0.5) is 11.4 Å². The van der Waals surface area contributed by atoms with Crippen LogP contribution in [0.3, 0.4) is 0 Å². The van der Waals surface area contributed by atoms with E-state index in [2.05, 4.69) is 21.2 Å². The molecule has 1 aromatic rings. The first-order valence-corrected chi connectivity index (χ1v) is 8.05. The molecule has 1 amide bonds. The van der Waals surface area contributed by atoms with Crippen molar-refractivity contribution in [1.82, 2.24) is 0 Å². The molecule has 98 valence electrons. The average Bonchev–Trinajstić information content (AvgIpc) is 2.64. The highest BCUT2D eigenvalue weighted by atomic mass is 79.9. The van der Waals surface area contributed by atoms with Crippen LogP contribution in [0.2, 0.25) is 0 Å². The van der Waals surface area contributed by atoms with Gasteiger partial charge in [0, 0.05) is 15.8 Å². The van der Waals surface area contributed by atoms with Crippen molar-refractivity contribution in [2.75, 3.05) is 22.6 Å². The Bertz CT molecular complexity index is 586. The molecule has 0 saturated carbocycles. The molecule has 0 aromatic heterocycles. The Morgan fingerprint density at radius 1 is 1.44 bits per heavy atom. The van der Waals surface area contributed by atoms with Gasteiger partial charge in [-0.05, 0) is 40.5 Å². The molecule has 0 radical (unpaired) electrons. The van der Waals surface area contributed by atoms with Gasteiger partial charge in [0.15, 0.2) is 9.84 Å². The van der Waals surface area contributed by atoms with Crippen molar-refractivity contribution in [2.24, 2.45) is 5.92 Å². The zero-order chi connectivity index (χ0) is 13.3. The Morgan fingerprint density at radius 2 is 2.17 bits per heavy atom. The second-order valence-electron chi connectivity index (χ2n) is 4.33. The smallest absolute Gasteiger partial charge is 0.228 e. The SMILES string of the molecule is Nc1cc(NC(=O)C2CCS(=O)(=O)C2)ccc1Br. The molecule has 1 aliphatic heterocycles. The van der Waals surface area contributed by atoms with Gasteiger partial charge < -0.3 is 11.1 Å². The Labute approximate surface area is 114 Å². The summed E-state index contributed by atoms with van der Waals surface area (Å²) < 4.78 is 23.3. The predicted molar refractivity (Wildman–Crippen MR) is 73.9 cm³/mol. The van der Waals surface area contributed by atoms with E-state index in [4.69, 9.17) is 5.73 Å². The first-order valence-electron chi connectivity index (χ1n) is 5.44. The number of nitrogens with one attached hydrogen (secondary N) is 1. The number of anilines is 2. The maximum atomic E-state index is 11.9. The number of halogens is 1. The molecule has 3 N–H and O–H groups in total. The minimum Gasteiger partial charge on any atom is -0.398 e. The quantitative estimate of drug-likeness (QED) is 0.801. The minimum absolute atomic E-state index is 0.0646. The van der Waals surface area contributed by atoms with Gasteiger partial charge in [-0.2, -0.15) is 0 Å². The van der Waals surface area contributed by atoms with E-state index in [1.165, 1.54) is 0 Å². The molecule has 0 spiro atoms. The van der Waals surface area contributed by atoms with E-state index in [1.54, 1.807) is 18.2 Å². The maximum absolute atomic E-state index is 11.9. The van der Waals surface area contributed by atoms with Crippen molar-refractivity contribution in [3.05, 3.63) is 22.7 Å². The average molecular weight is 333 g/mol. The first-order chi connectivity index (χ1) is 8.37. The van der Waals surface area contributed by atoms with Crippen LogP contribution in [0.15, 0.2) is 22.7 Å². The summed E-state index contributed by atoms with van der Waals surface area (Å²) in [7, 11) is -3.04. The van der Waals surface area contributed by atoms with Crippen LogP contribution in [0.5, 0.6) is 0 Å². The molecule has 1 atom stereocenters. The number of hydrogen-bond acceptors (Lipinski definition) is 4. The van der Waals surface area contributed by atoms with Crippen molar-refractivity contribution in [2.45, 2.75) is 6.42 Å². The zero-order valence-corrected chi connectivity index (χ0v) is 11.9. The largest absolute Gasteiger partial charge is 0.398 e. The summed E-state index contributed by atoms with van der Waals surface area (Å²) in [6, 6.07) is 5.07. The van der Waals surface area contributed by atoms with Gasteiger partial charge in [0.25, 0.3) is 0 Å². The van der Waals surface area contributed by atoms with Gasteiger partial charge in [-0.25, -0.2) is 8.42 Å². The van der Waals surface area contributed by atoms with Crippen LogP contribution in [-0.2, 0) is 14.6 Å². The van der Waals surface area contributed by atoms with Crippen molar-refractivity contribution in [3.63, 3.8) is 0 Å². The van der Waals surface area contributed by atoms with Gasteiger partial charge in [0.2, 0.25) is 5.91 Å². The predicted octanol–water partition coefficient (Wildman–Crippen LogP) is 1.40. The molecule has 1 unspecified atom stereocenters. The lowest BCUT2D eigenvalue weighted by Gasteiger charge is -2.10. The molecule has 0 aliphatic carbocycles. The molecule has 5 nitrogen and oxygen atoms in total. The van der Waals surface area contributed by atoms with Gasteiger partial charge in [-0.3, -0.25) is 4.79 Å². The molecule has 2 rings (SSSR count). The lowest BCUT2D eigenvalue weighted by Crippen LogP contribution is -2.23. The van der Waals surface area contributed by atoms with Crippen molar-refractivity contribution < 1.29 is 13.2 Å². The molecule has 18 heavy (non-hydrogen) atoms. The summed E-state index contributed by atoms with van der Waals surface area (Å²) >= 11 is 3.26. The fourth-order valence-corrected chi connectivity index (χ4v) is 3.86. The molecular weight excluding hydrogens is 320 g/mol. The summed E-state index contributed by atoms with van der Waals surface area (Å²) in [4.78, 5) is 11.9. The second-order valence-corrected chi connectivity index (χ2v) is 7.41. The van der Waals surface area contributed by atoms with Gasteiger partial charge in [0.05, 0.1) is 17.4 Å². The zero-order valence-electron chi connectivity index (χ0n) is 9.52. The monoisotopic (exact) mass is 332 g/mol. The Hall–Kier alpha value is -1.08. The fraction of sp³-hybridized carbons (Fsp3) is 0.364. The van der Waals surface area contributed by atoms with Crippen molar-refractivity contribution in [1.29, 1.82) is 0 Å². The van der Waals surface area contributed by atoms with Gasteiger partial charge in [-0.15, -0.1) is 0 Å². The molecule has 1 aromatic carbocycles. The molecule has 0 bridgehead atoms. The lowest BCUT2D eigenvalue weighted by atomic mass is 10.1. The van der Waals surface area contributed by atoms with Crippen LogP contribution < -0.4 is 11.1 Å². The number of carbonyl (C=O) groups excluding carboxylic acids is 1. The third-order valence-corrected chi connectivity index (χ3v) is 5.36. The number of nitrogens with two attached hydrogens (primary N) is 1. The van der Waals surface area contributed by atoms with E-state index in [0.717, 1.165) is 4.47 Å². The van der Waals surface area contributed by atoms with Crippen LogP contribution in [0, 0.1) is 5.92 Å². The topological polar surface area (TPSA) is 89.3 Å². The molecule has 1 heterocycles. The first kappa shape index (κ1) is 13.4. The van der Waals surface area contributed by atoms with Gasteiger partial charge in [0.1, 0.15) is 0 Å². The van der Waals surface area contributed by atoms with Crippen LogP contribution in [-0.4, -0.2) is 25.8 Å². The highest BCUT2D eigenvalue weighted by Crippen LogP contribution is 2.25. The second kappa shape index (κ2) is 4.89. The van der Waals surface area contributed by atoms with Gasteiger partial charge in [-0.1, -0.05) is 0 Å². The van der Waals surface area contributed by atoms with Crippen LogP contribution >= 0.6 is 15.9 Å². The number of hydrogen-bond donors (Lipinski definition) is 2. The number of nitrogen functional groups attached to an aromatic ring is 1. The van der Waals surface area contributed by atoms with E-state index in [-0.39, 0.29) is 17.4 Å². The summed E-state index contributed by atoms with van der Waals surface area (Å²) in [6.45, 7) is 0. The van der Waals surface area contributed by atoms with Crippen LogP contribution in [0.1, 0.15) is 6.42 Å². The van der Waals surface area contributed by atoms with Crippen LogP contribution in [0.25, 0.3) is 0 Å². The Balaban J connectivity index is 2.06. The van der Waals surface area contributed by atoms with Crippen molar-refractivity contribution >= 4 is 43.0 Å².